The number of hydrogen-bond acceptors (Lipinski definition) is 7. The number of nitrogens with zero attached hydrogens (tertiary/aromatic N) is 4. The number of benzene rings is 3. The highest BCUT2D eigenvalue weighted by Crippen LogP contribution is 2.34. The van der Waals surface area contributed by atoms with Gasteiger partial charge in [-0.2, -0.15) is 9.78 Å². The molecule has 0 aliphatic carbocycles. The standard InChI is InChI=1S/C29H30N4O5/c1-17(2)22-15-23(19(5)13-27(22)37-6)28-31-24-10-8-7-9-21(24)29(34)32(28)30-16-20-11-12-26(38-18(3)4)25(14-20)33(35)36/h7-18H,1-6H3. The van der Waals surface area contributed by atoms with Crippen LogP contribution in [0.1, 0.15) is 50.3 Å². The topological polar surface area (TPSA) is 109 Å². The molecule has 0 aliphatic heterocycles. The van der Waals surface area contributed by atoms with Crippen molar-refractivity contribution in [3.63, 3.8) is 0 Å². The maximum absolute atomic E-state index is 13.6. The summed E-state index contributed by atoms with van der Waals surface area (Å²) in [5, 5.41) is 16.5. The number of aromatic nitrogens is 2. The van der Waals surface area contributed by atoms with E-state index in [1.807, 2.05) is 25.1 Å². The Hall–Kier alpha value is -4.53. The van der Waals surface area contributed by atoms with Crippen molar-refractivity contribution in [2.75, 3.05) is 7.11 Å². The van der Waals surface area contributed by atoms with E-state index in [0.29, 0.717) is 22.3 Å². The second kappa shape index (κ2) is 10.8. The molecular formula is C29H30N4O5. The number of nitro benzene ring substituents is 1. The van der Waals surface area contributed by atoms with Crippen LogP contribution in [-0.2, 0) is 0 Å². The van der Waals surface area contributed by atoms with Crippen LogP contribution in [-0.4, -0.2) is 34.0 Å². The number of nitro groups is 1. The SMILES string of the molecule is COc1cc(C)c(-c2nc3ccccc3c(=O)n2N=Cc2ccc(OC(C)C)c([N+](=O)[O-])c2)cc1C(C)C. The lowest BCUT2D eigenvalue weighted by Crippen LogP contribution is -2.20. The summed E-state index contributed by atoms with van der Waals surface area (Å²) in [4.78, 5) is 29.6. The molecule has 9 nitrogen and oxygen atoms in total. The zero-order valence-corrected chi connectivity index (χ0v) is 22.3. The van der Waals surface area contributed by atoms with Crippen LogP contribution in [0.5, 0.6) is 11.5 Å². The molecule has 196 valence electrons. The average Bonchev–Trinajstić information content (AvgIpc) is 2.88. The molecule has 0 saturated carbocycles. The van der Waals surface area contributed by atoms with Gasteiger partial charge in [0.25, 0.3) is 5.56 Å². The molecule has 1 aromatic heterocycles. The summed E-state index contributed by atoms with van der Waals surface area (Å²) in [5.41, 5.74) is 3.03. The van der Waals surface area contributed by atoms with Gasteiger partial charge >= 0.3 is 5.69 Å². The van der Waals surface area contributed by atoms with E-state index in [1.165, 1.54) is 23.0 Å². The van der Waals surface area contributed by atoms with Crippen molar-refractivity contribution in [3.8, 4) is 22.9 Å². The zero-order valence-electron chi connectivity index (χ0n) is 22.3. The van der Waals surface area contributed by atoms with Crippen LogP contribution >= 0.6 is 0 Å². The van der Waals surface area contributed by atoms with Crippen LogP contribution in [0.4, 0.5) is 5.69 Å². The predicted molar refractivity (Wildman–Crippen MR) is 149 cm³/mol. The minimum absolute atomic E-state index is 0.167. The number of fused-ring (bicyclic) bond motifs is 1. The number of ether oxygens (including phenoxy) is 2. The van der Waals surface area contributed by atoms with Gasteiger partial charge in [0.05, 0.1) is 35.3 Å². The van der Waals surface area contributed by atoms with Crippen molar-refractivity contribution in [3.05, 3.63) is 91.8 Å². The van der Waals surface area contributed by atoms with Crippen molar-refractivity contribution in [1.29, 1.82) is 0 Å². The first-order valence-electron chi connectivity index (χ1n) is 12.3. The molecule has 0 spiro atoms. The van der Waals surface area contributed by atoms with Crippen molar-refractivity contribution in [2.24, 2.45) is 5.10 Å². The summed E-state index contributed by atoms with van der Waals surface area (Å²) in [7, 11) is 1.63. The Morgan fingerprint density at radius 1 is 1.05 bits per heavy atom. The van der Waals surface area contributed by atoms with E-state index in [2.05, 4.69) is 18.9 Å². The maximum Gasteiger partial charge on any atom is 0.311 e. The summed E-state index contributed by atoms with van der Waals surface area (Å²) in [6, 6.07) is 15.5. The Balaban J connectivity index is 1.92. The van der Waals surface area contributed by atoms with Gasteiger partial charge in [0.1, 0.15) is 5.75 Å². The van der Waals surface area contributed by atoms with Crippen molar-refractivity contribution in [1.82, 2.24) is 9.66 Å². The molecular weight excluding hydrogens is 484 g/mol. The molecule has 0 radical (unpaired) electrons. The number of para-hydroxylation sites is 1. The molecule has 0 saturated heterocycles. The largest absolute Gasteiger partial charge is 0.496 e. The van der Waals surface area contributed by atoms with Crippen LogP contribution in [0.25, 0.3) is 22.3 Å². The van der Waals surface area contributed by atoms with E-state index >= 15 is 0 Å². The van der Waals surface area contributed by atoms with E-state index in [0.717, 1.165) is 22.4 Å². The molecule has 3 aromatic carbocycles. The highest BCUT2D eigenvalue weighted by molar-refractivity contribution is 5.83. The van der Waals surface area contributed by atoms with Crippen LogP contribution in [0.2, 0.25) is 0 Å². The van der Waals surface area contributed by atoms with Crippen LogP contribution < -0.4 is 15.0 Å². The van der Waals surface area contributed by atoms with E-state index < -0.39 is 4.92 Å². The fourth-order valence-electron chi connectivity index (χ4n) is 4.21. The summed E-state index contributed by atoms with van der Waals surface area (Å²) in [6.07, 6.45) is 1.19. The molecule has 1 heterocycles. The molecule has 0 amide bonds. The predicted octanol–water partition coefficient (Wildman–Crippen LogP) is 6.08. The summed E-state index contributed by atoms with van der Waals surface area (Å²) in [5.74, 6) is 1.46. The van der Waals surface area contributed by atoms with Gasteiger partial charge in [-0.05, 0) is 74.2 Å². The van der Waals surface area contributed by atoms with Gasteiger partial charge in [0, 0.05) is 17.2 Å². The van der Waals surface area contributed by atoms with Crippen molar-refractivity contribution < 1.29 is 14.4 Å². The van der Waals surface area contributed by atoms with Crippen molar-refractivity contribution in [2.45, 2.75) is 46.6 Å². The van der Waals surface area contributed by atoms with Crippen LogP contribution in [0.15, 0.2) is 64.5 Å². The lowest BCUT2D eigenvalue weighted by molar-refractivity contribution is -0.386. The van der Waals surface area contributed by atoms with Gasteiger partial charge in [0.15, 0.2) is 11.6 Å². The third kappa shape index (κ3) is 5.27. The van der Waals surface area contributed by atoms with Gasteiger partial charge in [-0.25, -0.2) is 4.98 Å². The highest BCUT2D eigenvalue weighted by Gasteiger charge is 2.19. The monoisotopic (exact) mass is 514 g/mol. The summed E-state index contributed by atoms with van der Waals surface area (Å²) >= 11 is 0. The Kier molecular flexibility index (Phi) is 7.57. The third-order valence-electron chi connectivity index (χ3n) is 6.06. The van der Waals surface area contributed by atoms with E-state index in [1.54, 1.807) is 45.2 Å². The van der Waals surface area contributed by atoms with Gasteiger partial charge in [-0.15, -0.1) is 0 Å². The van der Waals surface area contributed by atoms with E-state index in [4.69, 9.17) is 14.5 Å². The fourth-order valence-corrected chi connectivity index (χ4v) is 4.21. The number of methoxy groups -OCH3 is 1. The first-order valence-corrected chi connectivity index (χ1v) is 12.3. The Morgan fingerprint density at radius 3 is 2.45 bits per heavy atom. The van der Waals surface area contributed by atoms with Gasteiger partial charge < -0.3 is 9.47 Å². The Bertz CT molecular complexity index is 1610. The minimum Gasteiger partial charge on any atom is -0.496 e. The first kappa shape index (κ1) is 26.5. The maximum atomic E-state index is 13.6. The molecule has 0 N–H and O–H groups in total. The number of hydrogen-bond donors (Lipinski definition) is 0. The molecule has 0 aliphatic rings. The average molecular weight is 515 g/mol. The highest BCUT2D eigenvalue weighted by atomic mass is 16.6. The molecule has 0 atom stereocenters. The number of aryl methyl sites for hydroxylation is 1. The minimum atomic E-state index is -0.502. The second-order valence-corrected chi connectivity index (χ2v) is 9.53. The summed E-state index contributed by atoms with van der Waals surface area (Å²) < 4.78 is 12.4. The van der Waals surface area contributed by atoms with Crippen LogP contribution in [0.3, 0.4) is 0 Å². The lowest BCUT2D eigenvalue weighted by atomic mass is 9.96. The Labute approximate surface area is 220 Å². The molecule has 9 heteroatoms. The van der Waals surface area contributed by atoms with E-state index in [-0.39, 0.29) is 29.0 Å². The normalized spacial score (nSPS) is 11.6. The zero-order chi connectivity index (χ0) is 27.6. The molecule has 4 rings (SSSR count). The first-order chi connectivity index (χ1) is 18.1. The smallest absolute Gasteiger partial charge is 0.311 e. The van der Waals surface area contributed by atoms with Crippen molar-refractivity contribution >= 4 is 22.8 Å². The second-order valence-electron chi connectivity index (χ2n) is 9.53. The van der Waals surface area contributed by atoms with E-state index in [9.17, 15) is 14.9 Å². The molecule has 0 fully saturated rings. The fraction of sp³-hybridized carbons (Fsp3) is 0.276. The quantitative estimate of drug-likeness (QED) is 0.160. The third-order valence-corrected chi connectivity index (χ3v) is 6.06. The van der Waals surface area contributed by atoms with Gasteiger partial charge in [-0.1, -0.05) is 26.0 Å². The summed E-state index contributed by atoms with van der Waals surface area (Å²) in [6.45, 7) is 9.65. The van der Waals surface area contributed by atoms with Gasteiger partial charge in [0.2, 0.25) is 0 Å². The molecule has 0 unspecified atom stereocenters. The number of rotatable bonds is 8. The molecule has 38 heavy (non-hydrogen) atoms. The molecule has 4 aromatic rings. The molecule has 0 bridgehead atoms. The van der Waals surface area contributed by atoms with Crippen LogP contribution in [0, 0.1) is 17.0 Å². The lowest BCUT2D eigenvalue weighted by Gasteiger charge is -2.17. The van der Waals surface area contributed by atoms with Gasteiger partial charge in [-0.3, -0.25) is 14.9 Å². The Morgan fingerprint density at radius 2 is 1.79 bits per heavy atom.